The van der Waals surface area contributed by atoms with Gasteiger partial charge in [-0.2, -0.15) is 4.99 Å². The third-order valence-corrected chi connectivity index (χ3v) is 8.49. The zero-order chi connectivity index (χ0) is 28.6. The molecule has 2 aliphatic heterocycles. The van der Waals surface area contributed by atoms with Crippen molar-refractivity contribution in [1.29, 1.82) is 0 Å². The van der Waals surface area contributed by atoms with E-state index in [9.17, 15) is 5.11 Å². The molecule has 2 heterocycles. The molecule has 2 atom stereocenters. The summed E-state index contributed by atoms with van der Waals surface area (Å²) < 4.78 is 0. The number of hydrogen-bond acceptors (Lipinski definition) is 8. The Kier molecular flexibility index (Phi) is 10.0. The van der Waals surface area contributed by atoms with Crippen LogP contribution in [0.25, 0.3) is 0 Å². The van der Waals surface area contributed by atoms with Crippen LogP contribution in [0.5, 0.6) is 0 Å². The number of nitrogens with one attached hydrogen (secondary N) is 2. The number of aliphatic hydroxyl groups excluding tert-OH is 1. The molecule has 1 aliphatic carbocycles. The first-order chi connectivity index (χ1) is 20.1. The fraction of sp³-hybridized carbons (Fsp3) is 0.455. The maximum absolute atomic E-state index is 10.8. The van der Waals surface area contributed by atoms with Crippen molar-refractivity contribution in [1.82, 2.24) is 20.5 Å². The van der Waals surface area contributed by atoms with Gasteiger partial charge >= 0.3 is 0 Å². The van der Waals surface area contributed by atoms with Crippen LogP contribution in [0.4, 0.5) is 0 Å². The van der Waals surface area contributed by atoms with Gasteiger partial charge in [-0.15, -0.1) is 13.2 Å². The molecule has 218 valence electrons. The molecular formula is C33H45N7O. The summed E-state index contributed by atoms with van der Waals surface area (Å²) in [7, 11) is 0. The lowest BCUT2D eigenvalue weighted by molar-refractivity contribution is 0.0954. The molecule has 0 spiro atoms. The van der Waals surface area contributed by atoms with Gasteiger partial charge < -0.3 is 20.6 Å². The molecule has 0 aromatic heterocycles. The van der Waals surface area contributed by atoms with Crippen LogP contribution in [0.2, 0.25) is 0 Å². The quantitative estimate of drug-likeness (QED) is 0.251. The molecule has 1 fully saturated rings. The van der Waals surface area contributed by atoms with Crippen molar-refractivity contribution in [2.45, 2.75) is 62.8 Å². The van der Waals surface area contributed by atoms with E-state index >= 15 is 0 Å². The van der Waals surface area contributed by atoms with Gasteiger partial charge in [-0.3, -0.25) is 5.01 Å². The molecule has 1 saturated heterocycles. The van der Waals surface area contributed by atoms with Crippen LogP contribution in [0.15, 0.2) is 83.8 Å². The van der Waals surface area contributed by atoms with E-state index in [1.807, 2.05) is 0 Å². The van der Waals surface area contributed by atoms with Crippen molar-refractivity contribution in [2.24, 2.45) is 15.8 Å². The largest absolute Gasteiger partial charge is 0.390 e. The highest BCUT2D eigenvalue weighted by Crippen LogP contribution is 2.34. The van der Waals surface area contributed by atoms with E-state index in [1.54, 1.807) is 12.2 Å². The summed E-state index contributed by atoms with van der Waals surface area (Å²) in [6.45, 7) is 11.5. The minimum absolute atomic E-state index is 0.258. The van der Waals surface area contributed by atoms with Gasteiger partial charge in [0.15, 0.2) is 0 Å². The Bertz CT molecular complexity index is 1200. The average Bonchev–Trinajstić information content (AvgIpc) is 3.15. The van der Waals surface area contributed by atoms with Gasteiger partial charge in [0, 0.05) is 44.4 Å². The van der Waals surface area contributed by atoms with Crippen molar-refractivity contribution >= 4 is 11.8 Å². The molecule has 8 heteroatoms. The standard InChI is InChI=1S/C33H45N7O/c1-3-9-31-37-32(10-4-2)40(34)33(38-31)36-21-27(41)23-39-19-17-26(18-20-39)35-22-30-28-13-7-5-11-24(28)15-16-25-12-6-8-14-29(25)30/h3-8,11-14,26-27,30,32,35,41H,1-2,9-10,15-23,34H2,(H,36,37,38). The van der Waals surface area contributed by atoms with Gasteiger partial charge in [0.25, 0.3) is 0 Å². The highest BCUT2D eigenvalue weighted by Gasteiger charge is 2.27. The number of aliphatic hydroxyl groups is 1. The molecule has 3 aliphatic rings. The third-order valence-electron chi connectivity index (χ3n) is 8.49. The summed E-state index contributed by atoms with van der Waals surface area (Å²) >= 11 is 0. The fourth-order valence-electron chi connectivity index (χ4n) is 6.29. The number of amidine groups is 1. The number of aryl methyl sites for hydroxylation is 2. The van der Waals surface area contributed by atoms with Gasteiger partial charge in [-0.25, -0.2) is 10.8 Å². The zero-order valence-corrected chi connectivity index (χ0v) is 24.1. The smallest absolute Gasteiger partial charge is 0.216 e. The molecule has 0 saturated carbocycles. The van der Waals surface area contributed by atoms with Crippen molar-refractivity contribution < 1.29 is 5.11 Å². The van der Waals surface area contributed by atoms with Gasteiger partial charge in [0.1, 0.15) is 12.0 Å². The molecule has 2 aromatic carbocycles. The Morgan fingerprint density at radius 3 is 2.29 bits per heavy atom. The van der Waals surface area contributed by atoms with Crippen LogP contribution in [0.3, 0.4) is 0 Å². The van der Waals surface area contributed by atoms with E-state index in [1.165, 1.54) is 27.3 Å². The number of piperidine rings is 1. The molecule has 2 aromatic rings. The molecule has 41 heavy (non-hydrogen) atoms. The first kappa shape index (κ1) is 29.2. The Morgan fingerprint density at radius 1 is 1.00 bits per heavy atom. The Morgan fingerprint density at radius 2 is 1.66 bits per heavy atom. The van der Waals surface area contributed by atoms with Crippen LogP contribution in [0, 0.1) is 0 Å². The number of hydrazine groups is 1. The lowest BCUT2D eigenvalue weighted by atomic mass is 9.87. The average molecular weight is 556 g/mol. The SMILES string of the molecule is C=CCC1=NC(CC=C)N(N)C(NCC(O)CN2CCC(NCC3c4ccccc4CCc4ccccc43)CC2)=N1. The molecule has 0 amide bonds. The van der Waals surface area contributed by atoms with Crippen molar-refractivity contribution in [3.63, 3.8) is 0 Å². The molecular weight excluding hydrogens is 510 g/mol. The number of fused-ring (bicyclic) bond motifs is 2. The highest BCUT2D eigenvalue weighted by molar-refractivity contribution is 5.98. The molecule has 8 nitrogen and oxygen atoms in total. The topological polar surface area (TPSA) is 102 Å². The summed E-state index contributed by atoms with van der Waals surface area (Å²) in [5.74, 6) is 7.83. The number of rotatable bonds is 11. The molecule has 0 radical (unpaired) electrons. The van der Waals surface area contributed by atoms with E-state index in [4.69, 9.17) is 5.84 Å². The Balaban J connectivity index is 1.10. The van der Waals surface area contributed by atoms with E-state index in [2.05, 4.69) is 87.2 Å². The van der Waals surface area contributed by atoms with Crippen LogP contribution in [-0.2, 0) is 12.8 Å². The van der Waals surface area contributed by atoms with E-state index < -0.39 is 6.10 Å². The highest BCUT2D eigenvalue weighted by atomic mass is 16.3. The van der Waals surface area contributed by atoms with Crippen LogP contribution < -0.4 is 16.5 Å². The lowest BCUT2D eigenvalue weighted by Crippen LogP contribution is -2.55. The molecule has 0 bridgehead atoms. The third kappa shape index (κ3) is 7.32. The summed E-state index contributed by atoms with van der Waals surface area (Å²) in [6, 6.07) is 18.4. The van der Waals surface area contributed by atoms with Crippen molar-refractivity contribution in [2.75, 3.05) is 32.7 Å². The lowest BCUT2D eigenvalue weighted by Gasteiger charge is -2.35. The van der Waals surface area contributed by atoms with Gasteiger partial charge in [-0.1, -0.05) is 60.7 Å². The number of likely N-dealkylation sites (tertiary alicyclic amines) is 1. The monoisotopic (exact) mass is 555 g/mol. The normalized spacial score (nSPS) is 20.7. The summed E-state index contributed by atoms with van der Waals surface area (Å²) in [5.41, 5.74) is 5.89. The van der Waals surface area contributed by atoms with Gasteiger partial charge in [0.05, 0.1) is 6.10 Å². The minimum atomic E-state index is -0.533. The molecule has 5 rings (SSSR count). The van der Waals surface area contributed by atoms with E-state index in [0.29, 0.717) is 49.7 Å². The number of aliphatic imine (C=N–C) groups is 2. The maximum atomic E-state index is 10.8. The predicted octanol–water partition coefficient (Wildman–Crippen LogP) is 3.34. The first-order valence-corrected chi connectivity index (χ1v) is 15.0. The second-order valence-corrected chi connectivity index (χ2v) is 11.4. The van der Waals surface area contributed by atoms with E-state index in [-0.39, 0.29) is 6.17 Å². The second kappa shape index (κ2) is 14.0. The van der Waals surface area contributed by atoms with Crippen LogP contribution >= 0.6 is 0 Å². The maximum Gasteiger partial charge on any atom is 0.216 e. The number of hydrogen-bond donors (Lipinski definition) is 4. The Labute approximate surface area is 244 Å². The number of benzene rings is 2. The molecule has 5 N–H and O–H groups in total. The Hall–Kier alpha value is -3.30. The number of nitrogens with zero attached hydrogens (tertiary/aromatic N) is 4. The predicted molar refractivity (Wildman–Crippen MR) is 168 cm³/mol. The van der Waals surface area contributed by atoms with Crippen molar-refractivity contribution in [3.8, 4) is 0 Å². The number of β-amino-alcohol motifs (C(OH)–C–C–N with tert-alkyl or cyclic N) is 1. The van der Waals surface area contributed by atoms with E-state index in [0.717, 1.165) is 45.3 Å². The first-order valence-electron chi connectivity index (χ1n) is 15.0. The summed E-state index contributed by atoms with van der Waals surface area (Å²) in [4.78, 5) is 11.4. The summed E-state index contributed by atoms with van der Waals surface area (Å²) in [5, 5.41) is 19.5. The van der Waals surface area contributed by atoms with Crippen LogP contribution in [-0.4, -0.2) is 77.8 Å². The molecule has 2 unspecified atom stereocenters. The zero-order valence-electron chi connectivity index (χ0n) is 24.1. The second-order valence-electron chi connectivity index (χ2n) is 11.4. The minimum Gasteiger partial charge on any atom is -0.390 e. The van der Waals surface area contributed by atoms with Gasteiger partial charge in [0.2, 0.25) is 5.96 Å². The summed E-state index contributed by atoms with van der Waals surface area (Å²) in [6.07, 6.45) is 8.32. The number of nitrogens with two attached hydrogens (primary N) is 1. The van der Waals surface area contributed by atoms with Gasteiger partial charge in [-0.05, 0) is 61.0 Å². The van der Waals surface area contributed by atoms with Crippen molar-refractivity contribution in [3.05, 3.63) is 96.1 Å². The number of guanidine groups is 1. The van der Waals surface area contributed by atoms with Crippen LogP contribution in [0.1, 0.15) is 53.9 Å². The fourth-order valence-corrected chi connectivity index (χ4v) is 6.29.